The summed E-state index contributed by atoms with van der Waals surface area (Å²) in [5, 5.41) is 3.09. The Bertz CT molecular complexity index is 890. The number of nitrogens with one attached hydrogen (secondary N) is 1. The van der Waals surface area contributed by atoms with Crippen molar-refractivity contribution in [3.8, 4) is 0 Å². The van der Waals surface area contributed by atoms with Gasteiger partial charge in [-0.2, -0.15) is 0 Å². The number of carbonyl (C=O) groups is 1. The maximum Gasteiger partial charge on any atom is 0.409 e. The van der Waals surface area contributed by atoms with Crippen molar-refractivity contribution in [2.75, 3.05) is 25.0 Å². The molecule has 1 aromatic carbocycles. The molecule has 0 saturated carbocycles. The average Bonchev–Trinajstić information content (AvgIpc) is 2.72. The van der Waals surface area contributed by atoms with Crippen LogP contribution in [0.25, 0.3) is 0 Å². The highest BCUT2D eigenvalue weighted by molar-refractivity contribution is 9.10. The minimum atomic E-state index is -0.195. The van der Waals surface area contributed by atoms with E-state index < -0.39 is 0 Å². The number of unbranched alkanes of at least 4 members (excludes halogenated alkanes) is 1. The molecule has 156 valence electrons. The second kappa shape index (κ2) is 9.91. The van der Waals surface area contributed by atoms with Crippen molar-refractivity contribution in [1.29, 1.82) is 0 Å². The SMILES string of the molecule is CCCCOC(=O)N1CCC(c2ccc(Nc3nc(Br)cn(C)c3=O)cc2)CC1. The summed E-state index contributed by atoms with van der Waals surface area (Å²) in [6.07, 6.45) is 5.20. The van der Waals surface area contributed by atoms with Gasteiger partial charge in [-0.3, -0.25) is 4.79 Å². The normalized spacial score (nSPS) is 14.7. The van der Waals surface area contributed by atoms with Crippen LogP contribution in [0.1, 0.15) is 44.1 Å². The van der Waals surface area contributed by atoms with E-state index in [1.807, 2.05) is 12.1 Å². The van der Waals surface area contributed by atoms with Gasteiger partial charge < -0.3 is 19.5 Å². The van der Waals surface area contributed by atoms with Crippen LogP contribution in [0, 0.1) is 0 Å². The second-order valence-electron chi connectivity index (χ2n) is 7.30. The molecule has 8 heteroatoms. The predicted molar refractivity (Wildman–Crippen MR) is 117 cm³/mol. The summed E-state index contributed by atoms with van der Waals surface area (Å²) < 4.78 is 7.38. The molecular weight excluding hydrogens is 436 g/mol. The molecule has 2 heterocycles. The first-order chi connectivity index (χ1) is 14.0. The summed E-state index contributed by atoms with van der Waals surface area (Å²) in [4.78, 5) is 30.3. The highest BCUT2D eigenvalue weighted by Gasteiger charge is 2.24. The number of anilines is 2. The largest absolute Gasteiger partial charge is 0.449 e. The van der Waals surface area contributed by atoms with E-state index in [0.717, 1.165) is 31.4 Å². The number of piperidine rings is 1. The Balaban J connectivity index is 1.56. The van der Waals surface area contributed by atoms with Crippen molar-refractivity contribution in [1.82, 2.24) is 14.5 Å². The molecule has 0 bridgehead atoms. The molecule has 29 heavy (non-hydrogen) atoms. The number of aromatic nitrogens is 2. The van der Waals surface area contributed by atoms with Gasteiger partial charge in [-0.25, -0.2) is 9.78 Å². The Hall–Kier alpha value is -2.35. The Morgan fingerprint density at radius 3 is 2.62 bits per heavy atom. The molecule has 1 fully saturated rings. The number of benzene rings is 1. The van der Waals surface area contributed by atoms with Gasteiger partial charge in [0.05, 0.1) is 6.61 Å². The number of hydrogen-bond acceptors (Lipinski definition) is 5. The molecule has 1 amide bonds. The number of halogens is 1. The number of aryl methyl sites for hydroxylation is 1. The highest BCUT2D eigenvalue weighted by Crippen LogP contribution is 2.29. The van der Waals surface area contributed by atoms with Gasteiger partial charge in [0, 0.05) is 32.0 Å². The van der Waals surface area contributed by atoms with Crippen LogP contribution in [0.15, 0.2) is 39.9 Å². The van der Waals surface area contributed by atoms with Gasteiger partial charge >= 0.3 is 6.09 Å². The zero-order valence-electron chi connectivity index (χ0n) is 16.9. The zero-order chi connectivity index (χ0) is 20.8. The van der Waals surface area contributed by atoms with E-state index in [1.165, 1.54) is 10.1 Å². The van der Waals surface area contributed by atoms with Gasteiger partial charge in [-0.1, -0.05) is 25.5 Å². The second-order valence-corrected chi connectivity index (χ2v) is 8.12. The van der Waals surface area contributed by atoms with Crippen LogP contribution in [-0.2, 0) is 11.8 Å². The highest BCUT2D eigenvalue weighted by atomic mass is 79.9. The van der Waals surface area contributed by atoms with Crippen molar-refractivity contribution in [2.45, 2.75) is 38.5 Å². The minimum Gasteiger partial charge on any atom is -0.449 e. The molecule has 0 spiro atoms. The van der Waals surface area contributed by atoms with Crippen LogP contribution < -0.4 is 10.9 Å². The van der Waals surface area contributed by atoms with Gasteiger partial charge in [0.25, 0.3) is 5.56 Å². The van der Waals surface area contributed by atoms with Crippen LogP contribution in [-0.4, -0.2) is 40.2 Å². The third-order valence-electron chi connectivity index (χ3n) is 5.16. The van der Waals surface area contributed by atoms with E-state index in [-0.39, 0.29) is 17.5 Å². The van der Waals surface area contributed by atoms with Gasteiger partial charge in [0.1, 0.15) is 4.60 Å². The molecule has 1 N–H and O–H groups in total. The minimum absolute atomic E-state index is 0.185. The fourth-order valence-electron chi connectivity index (χ4n) is 3.42. The lowest BCUT2D eigenvalue weighted by Crippen LogP contribution is -2.38. The van der Waals surface area contributed by atoms with Crippen molar-refractivity contribution in [3.63, 3.8) is 0 Å². The number of amides is 1. The van der Waals surface area contributed by atoms with Crippen molar-refractivity contribution < 1.29 is 9.53 Å². The average molecular weight is 463 g/mol. The molecule has 3 rings (SSSR count). The van der Waals surface area contributed by atoms with Gasteiger partial charge in [0.2, 0.25) is 0 Å². The Morgan fingerprint density at radius 2 is 1.97 bits per heavy atom. The summed E-state index contributed by atoms with van der Waals surface area (Å²) in [6, 6.07) is 8.07. The molecular formula is C21H27BrN4O3. The van der Waals surface area contributed by atoms with Crippen molar-refractivity contribution in [2.24, 2.45) is 7.05 Å². The quantitative estimate of drug-likeness (QED) is 0.643. The summed E-state index contributed by atoms with van der Waals surface area (Å²) in [7, 11) is 1.69. The third kappa shape index (κ3) is 5.59. The lowest BCUT2D eigenvalue weighted by atomic mass is 9.89. The summed E-state index contributed by atoms with van der Waals surface area (Å²) in [5.41, 5.74) is 1.87. The molecule has 2 aromatic rings. The summed E-state index contributed by atoms with van der Waals surface area (Å²) >= 11 is 3.31. The fraction of sp³-hybridized carbons (Fsp3) is 0.476. The van der Waals surface area contributed by atoms with Crippen LogP contribution >= 0.6 is 15.9 Å². The Morgan fingerprint density at radius 1 is 1.28 bits per heavy atom. The van der Waals surface area contributed by atoms with Crippen molar-refractivity contribution in [3.05, 3.63) is 51.0 Å². The van der Waals surface area contributed by atoms with Crippen molar-refractivity contribution >= 4 is 33.5 Å². The molecule has 0 unspecified atom stereocenters. The molecule has 0 aliphatic carbocycles. The van der Waals surface area contributed by atoms with E-state index in [0.29, 0.717) is 30.2 Å². The smallest absolute Gasteiger partial charge is 0.409 e. The molecule has 1 aromatic heterocycles. The zero-order valence-corrected chi connectivity index (χ0v) is 18.4. The topological polar surface area (TPSA) is 76.5 Å². The first kappa shape index (κ1) is 21.4. The van der Waals surface area contributed by atoms with E-state index in [2.05, 4.69) is 45.3 Å². The Labute approximate surface area is 179 Å². The predicted octanol–water partition coefficient (Wildman–Crippen LogP) is 4.40. The maximum absolute atomic E-state index is 12.2. The first-order valence-electron chi connectivity index (χ1n) is 9.99. The number of likely N-dealkylation sites (tertiary alicyclic amines) is 1. The lowest BCUT2D eigenvalue weighted by molar-refractivity contribution is 0.0916. The molecule has 1 saturated heterocycles. The van der Waals surface area contributed by atoms with E-state index in [1.54, 1.807) is 18.1 Å². The molecule has 1 aliphatic rings. The third-order valence-corrected chi connectivity index (χ3v) is 5.55. The molecule has 7 nitrogen and oxygen atoms in total. The summed E-state index contributed by atoms with van der Waals surface area (Å²) in [5.74, 6) is 0.699. The molecule has 0 atom stereocenters. The van der Waals surface area contributed by atoms with Crippen LogP contribution in [0.2, 0.25) is 0 Å². The number of nitrogens with zero attached hydrogens (tertiary/aromatic N) is 3. The fourth-order valence-corrected chi connectivity index (χ4v) is 3.90. The molecule has 0 radical (unpaired) electrons. The monoisotopic (exact) mass is 462 g/mol. The van der Waals surface area contributed by atoms with Crippen LogP contribution in [0.4, 0.5) is 16.3 Å². The molecule has 1 aliphatic heterocycles. The van der Waals surface area contributed by atoms with E-state index in [4.69, 9.17) is 4.74 Å². The van der Waals surface area contributed by atoms with E-state index >= 15 is 0 Å². The van der Waals surface area contributed by atoms with Gasteiger partial charge in [0.15, 0.2) is 5.82 Å². The van der Waals surface area contributed by atoms with Gasteiger partial charge in [-0.05, 0) is 58.8 Å². The Kier molecular flexibility index (Phi) is 7.30. The first-order valence-corrected chi connectivity index (χ1v) is 10.8. The van der Waals surface area contributed by atoms with Crippen LogP contribution in [0.3, 0.4) is 0 Å². The number of hydrogen-bond donors (Lipinski definition) is 1. The maximum atomic E-state index is 12.2. The lowest BCUT2D eigenvalue weighted by Gasteiger charge is -2.31. The van der Waals surface area contributed by atoms with Gasteiger partial charge in [-0.15, -0.1) is 0 Å². The van der Waals surface area contributed by atoms with E-state index in [9.17, 15) is 9.59 Å². The number of carbonyl (C=O) groups excluding carboxylic acids is 1. The summed E-state index contributed by atoms with van der Waals surface area (Å²) in [6.45, 7) is 4.01. The standard InChI is InChI=1S/C21H27BrN4O3/c1-3-4-13-29-21(28)26-11-9-16(10-12-26)15-5-7-17(8-6-15)23-19-20(27)25(2)14-18(22)24-19/h5-8,14,16H,3-4,9-13H2,1-2H3,(H,23,24). The van der Waals surface area contributed by atoms with Crippen LogP contribution in [0.5, 0.6) is 0 Å². The number of ether oxygens (including phenoxy) is 1. The number of rotatable bonds is 6.